The van der Waals surface area contributed by atoms with E-state index in [1.165, 1.54) is 21.6 Å². The Morgan fingerprint density at radius 3 is 1.57 bits per heavy atom. The number of hydrogen-bond donors (Lipinski definition) is 2. The van der Waals surface area contributed by atoms with Crippen LogP contribution in [0.2, 0.25) is 0 Å². The second-order valence-electron chi connectivity index (χ2n) is 2.00. The highest BCUT2D eigenvalue weighted by molar-refractivity contribution is 8.76. The number of nitrogens with zero attached hydrogens (tertiary/aromatic N) is 4. The van der Waals surface area contributed by atoms with Crippen LogP contribution in [0, 0.1) is 0 Å². The van der Waals surface area contributed by atoms with Gasteiger partial charge in [-0.2, -0.15) is 18.7 Å². The minimum absolute atomic E-state index is 0.457. The van der Waals surface area contributed by atoms with E-state index in [0.717, 1.165) is 23.1 Å². The van der Waals surface area contributed by atoms with Crippen LogP contribution in [0.15, 0.2) is 10.3 Å². The summed E-state index contributed by atoms with van der Waals surface area (Å²) in [5.41, 5.74) is 10.8. The molecular weight excluding hydrogens is 260 g/mol. The Kier molecular flexibility index (Phi) is 3.05. The predicted octanol–water partition coefficient (Wildman–Crippen LogP) is 1.35. The average Bonchev–Trinajstić information content (AvgIpc) is 2.72. The molecule has 0 fully saturated rings. The number of aromatic nitrogens is 4. The molecule has 0 aliphatic carbocycles. The van der Waals surface area contributed by atoms with Gasteiger partial charge in [-0.05, 0) is 21.6 Å². The molecule has 2 heterocycles. The van der Waals surface area contributed by atoms with Gasteiger partial charge in [0.05, 0.1) is 0 Å². The van der Waals surface area contributed by atoms with Crippen LogP contribution in [0.3, 0.4) is 0 Å². The van der Waals surface area contributed by atoms with E-state index in [9.17, 15) is 0 Å². The minimum Gasteiger partial charge on any atom is -0.374 e. The van der Waals surface area contributed by atoms with Gasteiger partial charge in [0, 0.05) is 23.1 Å². The first-order valence-corrected chi connectivity index (χ1v) is 6.96. The Bertz CT molecular complexity index is 383. The summed E-state index contributed by atoms with van der Waals surface area (Å²) in [6.45, 7) is 0. The first kappa shape index (κ1) is 9.96. The fourth-order valence-corrected chi connectivity index (χ4v) is 3.48. The molecule has 0 atom stereocenters. The summed E-state index contributed by atoms with van der Waals surface area (Å²) in [6.07, 6.45) is 0. The van der Waals surface area contributed by atoms with Gasteiger partial charge in [0.15, 0.2) is 0 Å². The molecule has 74 valence electrons. The lowest BCUT2D eigenvalue weighted by molar-refractivity contribution is 1.08. The van der Waals surface area contributed by atoms with E-state index in [-0.39, 0.29) is 0 Å². The van der Waals surface area contributed by atoms with Gasteiger partial charge in [-0.15, -0.1) is 0 Å². The number of rotatable bonds is 3. The SMILES string of the molecule is Nc1nc(SSc2nsc(N)n2)ns1. The van der Waals surface area contributed by atoms with Crippen molar-refractivity contribution in [2.75, 3.05) is 11.5 Å². The molecule has 2 aromatic rings. The first-order chi connectivity index (χ1) is 6.74. The first-order valence-electron chi connectivity index (χ1n) is 3.27. The Balaban J connectivity index is 1.94. The van der Waals surface area contributed by atoms with Gasteiger partial charge in [0.2, 0.25) is 20.6 Å². The largest absolute Gasteiger partial charge is 0.374 e. The molecule has 0 radical (unpaired) electrons. The van der Waals surface area contributed by atoms with Crippen LogP contribution in [-0.4, -0.2) is 18.7 Å². The van der Waals surface area contributed by atoms with Crippen molar-refractivity contribution in [1.82, 2.24) is 18.7 Å². The van der Waals surface area contributed by atoms with Crippen LogP contribution in [0.4, 0.5) is 10.3 Å². The van der Waals surface area contributed by atoms with Gasteiger partial charge >= 0.3 is 0 Å². The van der Waals surface area contributed by atoms with E-state index >= 15 is 0 Å². The van der Waals surface area contributed by atoms with E-state index in [1.54, 1.807) is 0 Å². The Morgan fingerprint density at radius 2 is 1.29 bits per heavy atom. The quantitative estimate of drug-likeness (QED) is 0.801. The van der Waals surface area contributed by atoms with Crippen LogP contribution >= 0.6 is 44.7 Å². The van der Waals surface area contributed by atoms with Gasteiger partial charge in [-0.25, -0.2) is 0 Å². The molecule has 2 aromatic heterocycles. The molecule has 0 spiro atoms. The van der Waals surface area contributed by atoms with Gasteiger partial charge in [0.1, 0.15) is 0 Å². The van der Waals surface area contributed by atoms with E-state index in [2.05, 4.69) is 18.7 Å². The summed E-state index contributed by atoms with van der Waals surface area (Å²) in [5, 5.41) is 2.15. The van der Waals surface area contributed by atoms with Crippen LogP contribution in [0.1, 0.15) is 0 Å². The maximum absolute atomic E-state index is 5.42. The molecule has 10 heteroatoms. The highest BCUT2D eigenvalue weighted by Gasteiger charge is 2.06. The Labute approximate surface area is 95.3 Å². The molecule has 0 aliphatic heterocycles. The maximum atomic E-state index is 5.42. The van der Waals surface area contributed by atoms with E-state index < -0.39 is 0 Å². The van der Waals surface area contributed by atoms with Crippen molar-refractivity contribution in [1.29, 1.82) is 0 Å². The molecule has 4 N–H and O–H groups in total. The molecule has 2 rings (SSSR count). The lowest BCUT2D eigenvalue weighted by Crippen LogP contribution is -1.81. The van der Waals surface area contributed by atoms with Crippen molar-refractivity contribution < 1.29 is 0 Å². The second-order valence-corrected chi connectivity index (χ2v) is 5.63. The van der Waals surface area contributed by atoms with E-state index in [0.29, 0.717) is 20.6 Å². The third kappa shape index (κ3) is 2.47. The minimum atomic E-state index is 0.457. The fraction of sp³-hybridized carbons (Fsp3) is 0. The van der Waals surface area contributed by atoms with Crippen LogP contribution in [-0.2, 0) is 0 Å². The zero-order valence-electron chi connectivity index (χ0n) is 6.58. The van der Waals surface area contributed by atoms with Gasteiger partial charge in [0.25, 0.3) is 0 Å². The zero-order valence-corrected chi connectivity index (χ0v) is 9.84. The highest BCUT2D eigenvalue weighted by Crippen LogP contribution is 2.35. The maximum Gasteiger partial charge on any atom is 0.213 e. The van der Waals surface area contributed by atoms with Gasteiger partial charge < -0.3 is 11.5 Å². The summed E-state index contributed by atoms with van der Waals surface area (Å²) in [4.78, 5) is 7.95. The van der Waals surface area contributed by atoms with E-state index in [4.69, 9.17) is 11.5 Å². The molecule has 6 nitrogen and oxygen atoms in total. The number of hydrogen-bond acceptors (Lipinski definition) is 10. The third-order valence-electron chi connectivity index (χ3n) is 1.04. The van der Waals surface area contributed by atoms with Crippen LogP contribution in [0.25, 0.3) is 0 Å². The molecule has 0 unspecified atom stereocenters. The average molecular weight is 264 g/mol. The molecule has 0 bridgehead atoms. The summed E-state index contributed by atoms with van der Waals surface area (Å²) in [7, 11) is 2.72. The van der Waals surface area contributed by atoms with Crippen molar-refractivity contribution in [2.24, 2.45) is 0 Å². The number of nitrogens with two attached hydrogens (primary N) is 2. The summed E-state index contributed by atoms with van der Waals surface area (Å²) < 4.78 is 8.00. The molecule has 0 saturated heterocycles. The Hall–Kier alpha value is -0.580. The second kappa shape index (κ2) is 4.29. The van der Waals surface area contributed by atoms with Gasteiger partial charge in [-0.3, -0.25) is 0 Å². The monoisotopic (exact) mass is 264 g/mol. The van der Waals surface area contributed by atoms with Crippen molar-refractivity contribution in [2.45, 2.75) is 10.3 Å². The standard InChI is InChI=1S/C4H4N6S4/c5-1-7-3(9-11-1)13-14-4-8-2(6)12-10-4/h(H2,5,7,9)(H2,6,8,10). The van der Waals surface area contributed by atoms with Crippen LogP contribution in [0.5, 0.6) is 0 Å². The summed E-state index contributed by atoms with van der Waals surface area (Å²) in [5.74, 6) is 0. The van der Waals surface area contributed by atoms with Crippen molar-refractivity contribution in [3.05, 3.63) is 0 Å². The van der Waals surface area contributed by atoms with Crippen molar-refractivity contribution in [3.8, 4) is 0 Å². The molecule has 14 heavy (non-hydrogen) atoms. The number of nitrogen functional groups attached to an aromatic ring is 2. The molecule has 0 amide bonds. The fourth-order valence-electron chi connectivity index (χ4n) is 0.584. The summed E-state index contributed by atoms with van der Waals surface area (Å²) in [6, 6.07) is 0. The molecule has 0 aliphatic rings. The molecular formula is C4H4N6S4. The normalized spacial score (nSPS) is 10.6. The smallest absolute Gasteiger partial charge is 0.213 e. The number of anilines is 2. The lowest BCUT2D eigenvalue weighted by Gasteiger charge is -1.88. The third-order valence-corrected chi connectivity index (χ3v) is 4.24. The molecule has 0 saturated carbocycles. The Morgan fingerprint density at radius 1 is 0.857 bits per heavy atom. The zero-order chi connectivity index (χ0) is 9.97. The van der Waals surface area contributed by atoms with Crippen LogP contribution < -0.4 is 11.5 Å². The lowest BCUT2D eigenvalue weighted by atomic mass is 11.2. The van der Waals surface area contributed by atoms with Crippen molar-refractivity contribution >= 4 is 54.9 Å². The predicted molar refractivity (Wildman–Crippen MR) is 60.4 cm³/mol. The molecule has 0 aromatic carbocycles. The highest BCUT2D eigenvalue weighted by atomic mass is 33.1. The summed E-state index contributed by atoms with van der Waals surface area (Å²) >= 11 is 2.33. The van der Waals surface area contributed by atoms with E-state index in [1.807, 2.05) is 0 Å². The topological polar surface area (TPSA) is 104 Å². The van der Waals surface area contributed by atoms with Crippen molar-refractivity contribution in [3.63, 3.8) is 0 Å². The van der Waals surface area contributed by atoms with Gasteiger partial charge in [-0.1, -0.05) is 0 Å².